The Hall–Kier alpha value is -3.35. The molecule has 0 aliphatic carbocycles. The summed E-state index contributed by atoms with van der Waals surface area (Å²) < 4.78 is 5.18. The Morgan fingerprint density at radius 1 is 1.07 bits per heavy atom. The van der Waals surface area contributed by atoms with Crippen LogP contribution in [0.2, 0.25) is 0 Å². The summed E-state index contributed by atoms with van der Waals surface area (Å²) >= 11 is 0. The van der Waals surface area contributed by atoms with E-state index in [1.54, 1.807) is 12.1 Å². The van der Waals surface area contributed by atoms with Crippen molar-refractivity contribution < 1.29 is 29.3 Å². The molecular formula is C20H21NO6. The standard InChI is InChI=1S/C20H21NO6/c1-12-3-7-18(27-2)14(9-12)16(22)6-8-19(24)21-15-10-13(11-20(25)26)4-5-17(15)23/h3-5,7,9-10,23H,6,8,11H2,1-2H3,(H,21,24)(H,25,26). The van der Waals surface area contributed by atoms with Crippen molar-refractivity contribution in [3.05, 3.63) is 53.1 Å². The van der Waals surface area contributed by atoms with Gasteiger partial charge in [0.25, 0.3) is 0 Å². The van der Waals surface area contributed by atoms with E-state index in [0.717, 1.165) is 5.56 Å². The van der Waals surface area contributed by atoms with Gasteiger partial charge in [-0.3, -0.25) is 14.4 Å². The van der Waals surface area contributed by atoms with E-state index in [4.69, 9.17) is 9.84 Å². The highest BCUT2D eigenvalue weighted by molar-refractivity contribution is 6.02. The first-order chi connectivity index (χ1) is 12.8. The third-order valence-electron chi connectivity index (χ3n) is 3.92. The van der Waals surface area contributed by atoms with E-state index in [0.29, 0.717) is 16.9 Å². The van der Waals surface area contributed by atoms with Crippen LogP contribution >= 0.6 is 0 Å². The molecule has 0 atom stereocenters. The molecule has 0 saturated carbocycles. The molecule has 0 aromatic heterocycles. The molecule has 142 valence electrons. The highest BCUT2D eigenvalue weighted by Gasteiger charge is 2.15. The molecule has 7 heteroatoms. The Balaban J connectivity index is 2.01. The lowest BCUT2D eigenvalue weighted by Gasteiger charge is -2.10. The van der Waals surface area contributed by atoms with E-state index >= 15 is 0 Å². The lowest BCUT2D eigenvalue weighted by molar-refractivity contribution is -0.136. The van der Waals surface area contributed by atoms with E-state index in [9.17, 15) is 19.5 Å². The van der Waals surface area contributed by atoms with Gasteiger partial charge in [-0.15, -0.1) is 0 Å². The van der Waals surface area contributed by atoms with Gasteiger partial charge in [0.15, 0.2) is 5.78 Å². The Kier molecular flexibility index (Phi) is 6.54. The van der Waals surface area contributed by atoms with Gasteiger partial charge in [-0.1, -0.05) is 17.7 Å². The van der Waals surface area contributed by atoms with Crippen LogP contribution in [0.15, 0.2) is 36.4 Å². The number of aromatic hydroxyl groups is 1. The zero-order valence-electron chi connectivity index (χ0n) is 15.1. The van der Waals surface area contributed by atoms with Crippen LogP contribution in [0, 0.1) is 6.92 Å². The smallest absolute Gasteiger partial charge is 0.307 e. The minimum absolute atomic E-state index is 0.0266. The highest BCUT2D eigenvalue weighted by Crippen LogP contribution is 2.25. The topological polar surface area (TPSA) is 113 Å². The van der Waals surface area contributed by atoms with E-state index in [2.05, 4.69) is 5.32 Å². The molecule has 7 nitrogen and oxygen atoms in total. The van der Waals surface area contributed by atoms with Gasteiger partial charge in [-0.25, -0.2) is 0 Å². The SMILES string of the molecule is COc1ccc(C)cc1C(=O)CCC(=O)Nc1cc(CC(=O)O)ccc1O. The zero-order chi connectivity index (χ0) is 20.0. The predicted octanol–water partition coefficient (Wildman–Crippen LogP) is 2.94. The van der Waals surface area contributed by atoms with Crippen LogP contribution in [0.4, 0.5) is 5.69 Å². The Labute approximate surface area is 156 Å². The zero-order valence-corrected chi connectivity index (χ0v) is 15.1. The number of carbonyl (C=O) groups excluding carboxylic acids is 2. The first kappa shape index (κ1) is 20.0. The molecule has 0 unspecified atom stereocenters. The number of aryl methyl sites for hydroxylation is 1. The van der Waals surface area contributed by atoms with Crippen LogP contribution in [0.5, 0.6) is 11.5 Å². The molecule has 27 heavy (non-hydrogen) atoms. The number of rotatable bonds is 8. The first-order valence-corrected chi connectivity index (χ1v) is 8.31. The summed E-state index contributed by atoms with van der Waals surface area (Å²) in [6.45, 7) is 1.86. The molecule has 0 radical (unpaired) electrons. The van der Waals surface area contributed by atoms with Crippen molar-refractivity contribution in [1.29, 1.82) is 0 Å². The van der Waals surface area contributed by atoms with Crippen molar-refractivity contribution in [3.8, 4) is 11.5 Å². The van der Waals surface area contributed by atoms with Crippen LogP contribution in [0.1, 0.15) is 34.3 Å². The number of nitrogens with one attached hydrogen (secondary N) is 1. The summed E-state index contributed by atoms with van der Waals surface area (Å²) in [7, 11) is 1.47. The molecule has 0 spiro atoms. The number of carboxylic acid groups (broad SMARTS) is 1. The van der Waals surface area contributed by atoms with Crippen molar-refractivity contribution in [2.75, 3.05) is 12.4 Å². The number of amides is 1. The molecule has 0 heterocycles. The molecule has 2 aromatic rings. The predicted molar refractivity (Wildman–Crippen MR) is 99.4 cm³/mol. The third kappa shape index (κ3) is 5.57. The number of hydrogen-bond acceptors (Lipinski definition) is 5. The van der Waals surface area contributed by atoms with Gasteiger partial charge in [0.1, 0.15) is 11.5 Å². The van der Waals surface area contributed by atoms with Gasteiger partial charge in [0.2, 0.25) is 5.91 Å². The van der Waals surface area contributed by atoms with E-state index in [-0.39, 0.29) is 36.5 Å². The number of Topliss-reactive ketones (excluding diaryl/α,β-unsaturated/α-hetero) is 1. The lowest BCUT2D eigenvalue weighted by atomic mass is 10.0. The van der Waals surface area contributed by atoms with Crippen LogP contribution in [0.25, 0.3) is 0 Å². The second-order valence-corrected chi connectivity index (χ2v) is 6.10. The van der Waals surface area contributed by atoms with Crippen molar-refractivity contribution in [1.82, 2.24) is 0 Å². The minimum Gasteiger partial charge on any atom is -0.506 e. The second-order valence-electron chi connectivity index (χ2n) is 6.10. The fourth-order valence-corrected chi connectivity index (χ4v) is 2.58. The van der Waals surface area contributed by atoms with Crippen LogP contribution in [0.3, 0.4) is 0 Å². The molecule has 2 rings (SSSR count). The van der Waals surface area contributed by atoms with Gasteiger partial charge in [0.05, 0.1) is 24.8 Å². The van der Waals surface area contributed by atoms with E-state index in [1.165, 1.54) is 25.3 Å². The maximum absolute atomic E-state index is 12.4. The van der Waals surface area contributed by atoms with E-state index < -0.39 is 11.9 Å². The maximum Gasteiger partial charge on any atom is 0.307 e. The number of ether oxygens (including phenoxy) is 1. The molecular weight excluding hydrogens is 350 g/mol. The Bertz CT molecular complexity index is 875. The molecule has 0 bridgehead atoms. The number of hydrogen-bond donors (Lipinski definition) is 3. The van der Waals surface area contributed by atoms with E-state index in [1.807, 2.05) is 13.0 Å². The molecule has 2 aromatic carbocycles. The van der Waals surface area contributed by atoms with Crippen molar-refractivity contribution >= 4 is 23.3 Å². The average molecular weight is 371 g/mol. The largest absolute Gasteiger partial charge is 0.506 e. The number of methoxy groups -OCH3 is 1. The number of carboxylic acids is 1. The minimum atomic E-state index is -1.02. The molecule has 0 aliphatic heterocycles. The number of phenolic OH excluding ortho intramolecular Hbond substituents is 1. The number of phenols is 1. The van der Waals surface area contributed by atoms with Crippen LogP contribution in [-0.4, -0.2) is 35.0 Å². The molecule has 0 aliphatic rings. The average Bonchev–Trinajstić information content (AvgIpc) is 2.62. The summed E-state index contributed by atoms with van der Waals surface area (Å²) in [5.74, 6) is -1.43. The third-order valence-corrected chi connectivity index (χ3v) is 3.92. The van der Waals surface area contributed by atoms with Crippen LogP contribution in [-0.2, 0) is 16.0 Å². The summed E-state index contributed by atoms with van der Waals surface area (Å²) in [6.07, 6.45) is -0.339. The monoisotopic (exact) mass is 371 g/mol. The maximum atomic E-state index is 12.4. The first-order valence-electron chi connectivity index (χ1n) is 8.31. The van der Waals surface area contributed by atoms with Gasteiger partial charge in [-0.05, 0) is 36.8 Å². The highest BCUT2D eigenvalue weighted by atomic mass is 16.5. The molecule has 0 fully saturated rings. The van der Waals surface area contributed by atoms with Gasteiger partial charge >= 0.3 is 5.97 Å². The fraction of sp³-hybridized carbons (Fsp3) is 0.250. The lowest BCUT2D eigenvalue weighted by Crippen LogP contribution is -2.14. The molecule has 1 amide bonds. The fourth-order valence-electron chi connectivity index (χ4n) is 2.58. The Morgan fingerprint density at radius 3 is 2.48 bits per heavy atom. The Morgan fingerprint density at radius 2 is 1.81 bits per heavy atom. The summed E-state index contributed by atoms with van der Waals surface area (Å²) in [5.41, 5.74) is 1.87. The summed E-state index contributed by atoms with van der Waals surface area (Å²) in [6, 6.07) is 9.42. The van der Waals surface area contributed by atoms with Gasteiger partial charge < -0.3 is 20.3 Å². The van der Waals surface area contributed by atoms with Gasteiger partial charge in [-0.2, -0.15) is 0 Å². The molecule has 3 N–H and O–H groups in total. The number of carbonyl (C=O) groups is 3. The number of anilines is 1. The van der Waals surface area contributed by atoms with Crippen molar-refractivity contribution in [2.24, 2.45) is 0 Å². The van der Waals surface area contributed by atoms with Crippen LogP contribution < -0.4 is 10.1 Å². The summed E-state index contributed by atoms with van der Waals surface area (Å²) in [5, 5.41) is 21.2. The normalized spacial score (nSPS) is 10.3. The number of ketones is 1. The quantitative estimate of drug-likeness (QED) is 0.486. The number of benzene rings is 2. The summed E-state index contributed by atoms with van der Waals surface area (Å²) in [4.78, 5) is 35.3. The van der Waals surface area contributed by atoms with Crippen molar-refractivity contribution in [2.45, 2.75) is 26.2 Å². The van der Waals surface area contributed by atoms with Crippen molar-refractivity contribution in [3.63, 3.8) is 0 Å². The molecule has 0 saturated heterocycles. The van der Waals surface area contributed by atoms with Gasteiger partial charge in [0, 0.05) is 12.8 Å². The number of aliphatic carboxylic acids is 1. The second kappa shape index (κ2) is 8.84.